The van der Waals surface area contributed by atoms with Gasteiger partial charge >= 0.3 is 0 Å². The minimum absolute atomic E-state index is 0.0303. The second kappa shape index (κ2) is 6.99. The van der Waals surface area contributed by atoms with Crippen molar-refractivity contribution in [1.29, 1.82) is 0 Å². The van der Waals surface area contributed by atoms with E-state index in [1.165, 1.54) is 5.56 Å². The number of halogens is 2. The van der Waals surface area contributed by atoms with Gasteiger partial charge < -0.3 is 10.1 Å². The summed E-state index contributed by atoms with van der Waals surface area (Å²) < 4.78 is 5.61. The molecule has 2 heterocycles. The summed E-state index contributed by atoms with van der Waals surface area (Å²) in [5.74, 6) is 1.03. The van der Waals surface area contributed by atoms with E-state index in [9.17, 15) is 0 Å². The smallest absolute Gasteiger partial charge is 0.108 e. The summed E-state index contributed by atoms with van der Waals surface area (Å²) in [7, 11) is 0. The van der Waals surface area contributed by atoms with Crippen molar-refractivity contribution in [3.05, 3.63) is 63.6 Å². The van der Waals surface area contributed by atoms with Crippen LogP contribution in [0.3, 0.4) is 0 Å². The van der Waals surface area contributed by atoms with Gasteiger partial charge in [-0.25, -0.2) is 0 Å². The number of amidine groups is 1. The van der Waals surface area contributed by atoms with Crippen molar-refractivity contribution in [3.63, 3.8) is 0 Å². The fourth-order valence-corrected chi connectivity index (χ4v) is 4.27. The van der Waals surface area contributed by atoms with Crippen LogP contribution in [0.2, 0.25) is 10.0 Å². The summed E-state index contributed by atoms with van der Waals surface area (Å²) in [6, 6.07) is 14.1. The molecule has 0 bridgehead atoms. The molecule has 0 amide bonds. The van der Waals surface area contributed by atoms with Crippen LogP contribution in [0.5, 0.6) is 0 Å². The van der Waals surface area contributed by atoms with Crippen LogP contribution in [0.1, 0.15) is 24.0 Å². The Bertz CT molecular complexity index is 799. The molecule has 0 saturated carbocycles. The van der Waals surface area contributed by atoms with Gasteiger partial charge in [-0.2, -0.15) is 0 Å². The number of fused-ring (bicyclic) bond motifs is 1. The van der Waals surface area contributed by atoms with Crippen molar-refractivity contribution >= 4 is 34.7 Å². The second-order valence-electron chi connectivity index (χ2n) is 6.76. The Hall–Kier alpha value is -1.55. The predicted molar refractivity (Wildman–Crippen MR) is 104 cm³/mol. The molecule has 130 valence electrons. The van der Waals surface area contributed by atoms with E-state index in [-0.39, 0.29) is 5.41 Å². The molecule has 3 nitrogen and oxygen atoms in total. The van der Waals surface area contributed by atoms with Crippen LogP contribution in [-0.2, 0) is 17.7 Å². The molecule has 2 aromatic carbocycles. The molecule has 4 rings (SSSR count). The van der Waals surface area contributed by atoms with Crippen LogP contribution in [-0.4, -0.2) is 19.0 Å². The number of rotatable bonds is 2. The molecular weight excluding hydrogens is 355 g/mol. The third-order valence-corrected chi connectivity index (χ3v) is 5.70. The lowest BCUT2D eigenvalue weighted by Crippen LogP contribution is -2.46. The number of nitrogens with zero attached hydrogens (tertiary/aromatic N) is 1. The minimum Gasteiger partial charge on any atom is -0.381 e. The molecule has 25 heavy (non-hydrogen) atoms. The van der Waals surface area contributed by atoms with Gasteiger partial charge in [0.25, 0.3) is 0 Å². The molecule has 0 atom stereocenters. The number of hydrogen-bond acceptors (Lipinski definition) is 2. The van der Waals surface area contributed by atoms with E-state index in [1.54, 1.807) is 0 Å². The van der Waals surface area contributed by atoms with Crippen LogP contribution in [0.4, 0.5) is 5.69 Å². The maximum Gasteiger partial charge on any atom is 0.108 e. The average Bonchev–Trinajstić information content (AvgIpc) is 2.62. The fourth-order valence-electron chi connectivity index (χ4n) is 3.71. The number of anilines is 1. The molecule has 2 aliphatic rings. The first-order chi connectivity index (χ1) is 12.2. The third-order valence-electron chi connectivity index (χ3n) is 5.14. The second-order valence-corrected chi connectivity index (χ2v) is 7.60. The summed E-state index contributed by atoms with van der Waals surface area (Å²) in [5, 5.41) is 4.90. The Morgan fingerprint density at radius 1 is 1.08 bits per heavy atom. The van der Waals surface area contributed by atoms with Gasteiger partial charge in [-0.1, -0.05) is 53.5 Å². The van der Waals surface area contributed by atoms with Crippen LogP contribution in [0, 0.1) is 5.41 Å². The number of nitrogens with one attached hydrogen (secondary N) is 1. The number of aliphatic imine (C=N–C) groups is 1. The largest absolute Gasteiger partial charge is 0.381 e. The van der Waals surface area contributed by atoms with Crippen LogP contribution < -0.4 is 5.32 Å². The number of benzene rings is 2. The summed E-state index contributed by atoms with van der Waals surface area (Å²) >= 11 is 12.7. The maximum atomic E-state index is 6.47. The van der Waals surface area contributed by atoms with Gasteiger partial charge in [0, 0.05) is 34.4 Å². The molecule has 2 aliphatic heterocycles. The third kappa shape index (κ3) is 3.41. The van der Waals surface area contributed by atoms with Crippen molar-refractivity contribution in [2.24, 2.45) is 10.4 Å². The molecule has 0 aromatic heterocycles. The van der Waals surface area contributed by atoms with Gasteiger partial charge in [-0.05, 0) is 42.5 Å². The average molecular weight is 375 g/mol. The highest BCUT2D eigenvalue weighted by Gasteiger charge is 2.42. The summed E-state index contributed by atoms with van der Waals surface area (Å²) in [5.41, 5.74) is 3.28. The van der Waals surface area contributed by atoms with Gasteiger partial charge in [0.1, 0.15) is 5.84 Å². The molecule has 2 aromatic rings. The first kappa shape index (κ1) is 16.9. The molecule has 1 fully saturated rings. The Balaban J connectivity index is 1.72. The quantitative estimate of drug-likeness (QED) is 0.767. The first-order valence-electron chi connectivity index (χ1n) is 8.58. The van der Waals surface area contributed by atoms with E-state index in [0.29, 0.717) is 11.6 Å². The zero-order valence-corrected chi connectivity index (χ0v) is 15.4. The topological polar surface area (TPSA) is 33.6 Å². The zero-order valence-electron chi connectivity index (χ0n) is 13.9. The number of hydrogen-bond donors (Lipinski definition) is 1. The van der Waals surface area contributed by atoms with Gasteiger partial charge in [-0.15, -0.1) is 0 Å². The van der Waals surface area contributed by atoms with Gasteiger partial charge in [-0.3, -0.25) is 4.99 Å². The maximum absolute atomic E-state index is 6.47. The minimum atomic E-state index is -0.0303. The lowest BCUT2D eigenvalue weighted by molar-refractivity contribution is 0.0449. The van der Waals surface area contributed by atoms with Crippen LogP contribution in [0.15, 0.2) is 47.5 Å². The molecule has 0 radical (unpaired) electrons. The lowest BCUT2D eigenvalue weighted by Gasteiger charge is -2.42. The molecule has 1 N–H and O–H groups in total. The van der Waals surface area contributed by atoms with E-state index in [0.717, 1.165) is 54.6 Å². The van der Waals surface area contributed by atoms with Crippen molar-refractivity contribution in [2.45, 2.75) is 25.8 Å². The van der Waals surface area contributed by atoms with E-state index in [4.69, 9.17) is 32.9 Å². The highest BCUT2D eigenvalue weighted by molar-refractivity contribution is 6.36. The molecular formula is C20H20Cl2N2O. The van der Waals surface area contributed by atoms with E-state index < -0.39 is 0 Å². The summed E-state index contributed by atoms with van der Waals surface area (Å²) in [4.78, 5) is 4.95. The normalized spacial score (nSPS) is 20.3. The Morgan fingerprint density at radius 3 is 2.60 bits per heavy atom. The van der Waals surface area contributed by atoms with Crippen LogP contribution in [0.25, 0.3) is 0 Å². The first-order valence-corrected chi connectivity index (χ1v) is 9.33. The van der Waals surface area contributed by atoms with Crippen molar-refractivity contribution < 1.29 is 4.74 Å². The molecule has 0 aliphatic carbocycles. The molecule has 5 heteroatoms. The molecule has 1 spiro atoms. The monoisotopic (exact) mass is 374 g/mol. The standard InChI is InChI=1S/C20H20Cl2N2O/c21-15-10-17(22)16-12-20(6-8-25-9-7-20)19(24-18(16)11-15)23-13-14-4-2-1-3-5-14/h1-5,10-11H,6-9,12-13H2,(H,23,24). The Kier molecular flexibility index (Phi) is 4.72. The SMILES string of the molecule is Clc1cc(Cl)c2c(c1)NC(=NCc1ccccc1)C1(CCOCC1)C2. The Labute approximate surface area is 158 Å². The van der Waals surface area contributed by atoms with Gasteiger partial charge in [0.2, 0.25) is 0 Å². The van der Waals surface area contributed by atoms with Crippen molar-refractivity contribution in [1.82, 2.24) is 0 Å². The molecule has 1 saturated heterocycles. The highest BCUT2D eigenvalue weighted by Crippen LogP contribution is 2.45. The summed E-state index contributed by atoms with van der Waals surface area (Å²) in [6.45, 7) is 2.18. The van der Waals surface area contributed by atoms with Crippen molar-refractivity contribution in [3.8, 4) is 0 Å². The lowest BCUT2D eigenvalue weighted by atomic mass is 9.71. The zero-order chi connectivity index (χ0) is 17.3. The highest BCUT2D eigenvalue weighted by atomic mass is 35.5. The van der Waals surface area contributed by atoms with Crippen LogP contribution >= 0.6 is 23.2 Å². The summed E-state index contributed by atoms with van der Waals surface area (Å²) in [6.07, 6.45) is 2.78. The fraction of sp³-hybridized carbons (Fsp3) is 0.350. The van der Waals surface area contributed by atoms with E-state index >= 15 is 0 Å². The van der Waals surface area contributed by atoms with Crippen molar-refractivity contribution in [2.75, 3.05) is 18.5 Å². The van der Waals surface area contributed by atoms with Gasteiger partial charge in [0.05, 0.1) is 6.54 Å². The van der Waals surface area contributed by atoms with E-state index in [1.807, 2.05) is 30.3 Å². The van der Waals surface area contributed by atoms with Gasteiger partial charge in [0.15, 0.2) is 0 Å². The Morgan fingerprint density at radius 2 is 1.84 bits per heavy atom. The molecule has 0 unspecified atom stereocenters. The number of ether oxygens (including phenoxy) is 1. The van der Waals surface area contributed by atoms with E-state index in [2.05, 4.69) is 17.4 Å². The predicted octanol–water partition coefficient (Wildman–Crippen LogP) is 5.36.